The third-order valence-corrected chi connectivity index (χ3v) is 1.32. The van der Waals surface area contributed by atoms with Crippen LogP contribution >= 0.6 is 0 Å². The van der Waals surface area contributed by atoms with Gasteiger partial charge < -0.3 is 5.21 Å². The zero-order chi connectivity index (χ0) is 7.98. The van der Waals surface area contributed by atoms with Crippen molar-refractivity contribution in [1.29, 1.82) is 0 Å². The number of hydrogen-bond acceptors (Lipinski definition) is 2. The second-order valence-corrected chi connectivity index (χ2v) is 2.06. The summed E-state index contributed by atoms with van der Waals surface area (Å²) in [4.78, 5) is 4.55. The first-order chi connectivity index (χ1) is 4.76. The predicted molar refractivity (Wildman–Crippen MR) is 40.0 cm³/mol. The van der Waals surface area contributed by atoms with E-state index in [2.05, 4.69) is 4.84 Å². The minimum Gasteiger partial charge on any atom is -0.595 e. The Morgan fingerprint density at radius 1 is 1.70 bits per heavy atom. The fraction of sp³-hybridized carbons (Fsp3) is 0.714. The lowest BCUT2D eigenvalue weighted by Crippen LogP contribution is -3.03. The van der Waals surface area contributed by atoms with Crippen LogP contribution in [0.4, 0.5) is 0 Å². The van der Waals surface area contributed by atoms with E-state index < -0.39 is 0 Å². The van der Waals surface area contributed by atoms with Crippen LogP contribution in [0.5, 0.6) is 0 Å². The number of hydrogen-bond donors (Lipinski definition) is 1. The summed E-state index contributed by atoms with van der Waals surface area (Å²) in [6.07, 6.45) is 3.59. The monoisotopic (exact) mass is 145 g/mol. The van der Waals surface area contributed by atoms with Crippen molar-refractivity contribution in [1.82, 2.24) is 0 Å². The third-order valence-electron chi connectivity index (χ3n) is 1.32. The first-order valence-corrected chi connectivity index (χ1v) is 3.49. The van der Waals surface area contributed by atoms with Crippen LogP contribution in [0.25, 0.3) is 0 Å². The molecular formula is C7H15NO2. The average Bonchev–Trinajstić information content (AvgIpc) is 1.99. The van der Waals surface area contributed by atoms with Gasteiger partial charge in [0.1, 0.15) is 5.70 Å². The summed E-state index contributed by atoms with van der Waals surface area (Å²) in [6.45, 7) is 3.88. The fourth-order valence-electron chi connectivity index (χ4n) is 0.765. The van der Waals surface area contributed by atoms with Gasteiger partial charge in [-0.1, -0.05) is 6.92 Å². The molecule has 1 unspecified atom stereocenters. The molecule has 0 aromatic rings. The summed E-state index contributed by atoms with van der Waals surface area (Å²) in [5.41, 5.74) is 0.769. The molecule has 0 amide bonds. The molecule has 0 aliphatic carbocycles. The van der Waals surface area contributed by atoms with Crippen LogP contribution < -0.4 is 5.23 Å². The highest BCUT2D eigenvalue weighted by molar-refractivity contribution is 4.86. The van der Waals surface area contributed by atoms with E-state index in [-0.39, 0.29) is 5.23 Å². The van der Waals surface area contributed by atoms with E-state index in [0.717, 1.165) is 18.5 Å². The van der Waals surface area contributed by atoms with Gasteiger partial charge in [0, 0.05) is 6.42 Å². The molecule has 0 rings (SSSR count). The largest absolute Gasteiger partial charge is 0.595 e. The minimum atomic E-state index is -0.204. The Labute approximate surface area is 61.8 Å². The Balaban J connectivity index is 3.82. The Morgan fingerprint density at radius 3 is 2.60 bits per heavy atom. The summed E-state index contributed by atoms with van der Waals surface area (Å²) in [6, 6.07) is 0. The van der Waals surface area contributed by atoms with Crippen molar-refractivity contribution in [2.45, 2.75) is 26.7 Å². The highest BCUT2D eigenvalue weighted by Gasteiger charge is 2.02. The lowest BCUT2D eigenvalue weighted by atomic mass is 10.2. The van der Waals surface area contributed by atoms with E-state index in [0.29, 0.717) is 0 Å². The Bertz CT molecular complexity index is 112. The van der Waals surface area contributed by atoms with E-state index >= 15 is 0 Å². The van der Waals surface area contributed by atoms with Gasteiger partial charge in [-0.2, -0.15) is 5.23 Å². The number of allylic oxidation sites excluding steroid dienone is 2. The van der Waals surface area contributed by atoms with Crippen LogP contribution in [0.3, 0.4) is 0 Å². The molecule has 10 heavy (non-hydrogen) atoms. The fourth-order valence-corrected chi connectivity index (χ4v) is 0.765. The Hall–Kier alpha value is -0.380. The van der Waals surface area contributed by atoms with Crippen LogP contribution in [-0.2, 0) is 4.84 Å². The van der Waals surface area contributed by atoms with E-state index in [9.17, 15) is 5.21 Å². The lowest BCUT2D eigenvalue weighted by Gasteiger charge is -2.18. The van der Waals surface area contributed by atoms with Crippen molar-refractivity contribution in [3.8, 4) is 0 Å². The molecule has 60 valence electrons. The van der Waals surface area contributed by atoms with Crippen molar-refractivity contribution in [3.63, 3.8) is 0 Å². The highest BCUT2D eigenvalue weighted by atomic mass is 16.9. The summed E-state index contributed by atoms with van der Waals surface area (Å²) >= 11 is 0. The topological polar surface area (TPSA) is 36.7 Å². The molecule has 0 bridgehead atoms. The first kappa shape index (κ1) is 9.62. The SMILES string of the molecule is C/C=C(\CCC)[NH+]([O-])OC. The summed E-state index contributed by atoms with van der Waals surface area (Å²) in [7, 11) is 1.40. The van der Waals surface area contributed by atoms with Gasteiger partial charge in [-0.05, 0) is 19.4 Å². The number of rotatable bonds is 4. The van der Waals surface area contributed by atoms with E-state index in [1.54, 1.807) is 6.08 Å². The molecule has 0 saturated heterocycles. The van der Waals surface area contributed by atoms with E-state index in [1.807, 2.05) is 13.8 Å². The van der Waals surface area contributed by atoms with Crippen molar-refractivity contribution < 1.29 is 10.1 Å². The van der Waals surface area contributed by atoms with Gasteiger partial charge in [-0.3, -0.25) is 0 Å². The van der Waals surface area contributed by atoms with Gasteiger partial charge in [0.05, 0.1) is 7.11 Å². The molecule has 0 aromatic heterocycles. The Kier molecular flexibility index (Phi) is 5.20. The molecule has 1 atom stereocenters. The molecule has 0 heterocycles. The van der Waals surface area contributed by atoms with Crippen LogP contribution in [0.2, 0.25) is 0 Å². The van der Waals surface area contributed by atoms with Crippen molar-refractivity contribution >= 4 is 0 Å². The van der Waals surface area contributed by atoms with Crippen molar-refractivity contribution in [2.75, 3.05) is 7.11 Å². The molecule has 0 aliphatic heterocycles. The molecule has 1 N–H and O–H groups in total. The molecule has 0 radical (unpaired) electrons. The quantitative estimate of drug-likeness (QED) is 0.589. The maximum Gasteiger partial charge on any atom is 0.135 e. The van der Waals surface area contributed by atoms with E-state index in [4.69, 9.17) is 0 Å². The maximum absolute atomic E-state index is 10.8. The van der Waals surface area contributed by atoms with Crippen LogP contribution in [0.1, 0.15) is 26.7 Å². The molecule has 0 aliphatic rings. The highest BCUT2D eigenvalue weighted by Crippen LogP contribution is 1.94. The lowest BCUT2D eigenvalue weighted by molar-refractivity contribution is -1.02. The molecule has 3 nitrogen and oxygen atoms in total. The molecule has 0 fully saturated rings. The second-order valence-electron chi connectivity index (χ2n) is 2.06. The van der Waals surface area contributed by atoms with Gasteiger partial charge in [-0.25, -0.2) is 4.84 Å². The zero-order valence-corrected chi connectivity index (χ0v) is 6.81. The van der Waals surface area contributed by atoms with Gasteiger partial charge >= 0.3 is 0 Å². The number of quaternary nitrogens is 1. The smallest absolute Gasteiger partial charge is 0.135 e. The van der Waals surface area contributed by atoms with Gasteiger partial charge in [0.2, 0.25) is 0 Å². The number of hydroxylamine groups is 2. The van der Waals surface area contributed by atoms with Crippen molar-refractivity contribution in [2.24, 2.45) is 0 Å². The average molecular weight is 145 g/mol. The zero-order valence-electron chi connectivity index (χ0n) is 6.81. The van der Waals surface area contributed by atoms with Gasteiger partial charge in [0.25, 0.3) is 0 Å². The summed E-state index contributed by atoms with van der Waals surface area (Å²) < 4.78 is 0. The normalized spacial score (nSPS) is 15.4. The van der Waals surface area contributed by atoms with Gasteiger partial charge in [-0.15, -0.1) is 0 Å². The molecular weight excluding hydrogens is 130 g/mol. The number of nitrogens with one attached hydrogen (secondary N) is 1. The molecule has 0 aromatic carbocycles. The summed E-state index contributed by atoms with van der Waals surface area (Å²) in [5.74, 6) is 0. The molecule has 0 saturated carbocycles. The second kappa shape index (κ2) is 5.41. The summed E-state index contributed by atoms with van der Waals surface area (Å²) in [5, 5.41) is 10.6. The van der Waals surface area contributed by atoms with Crippen LogP contribution in [-0.4, -0.2) is 7.11 Å². The molecule has 0 spiro atoms. The standard InChI is InChI=1S/C7H15NO2/c1-4-6-7(5-2)8(9)10-3/h5,8H,4,6H2,1-3H3/b7-5+. The van der Waals surface area contributed by atoms with E-state index in [1.165, 1.54) is 7.11 Å². The Morgan fingerprint density at radius 2 is 2.30 bits per heavy atom. The third kappa shape index (κ3) is 2.96. The predicted octanol–water partition coefficient (Wildman–Crippen LogP) is 0.634. The molecule has 3 heteroatoms. The first-order valence-electron chi connectivity index (χ1n) is 3.49. The minimum absolute atomic E-state index is 0.204. The van der Waals surface area contributed by atoms with Crippen molar-refractivity contribution in [3.05, 3.63) is 17.0 Å². The van der Waals surface area contributed by atoms with Crippen LogP contribution in [0.15, 0.2) is 11.8 Å². The van der Waals surface area contributed by atoms with Crippen LogP contribution in [0, 0.1) is 5.21 Å². The maximum atomic E-state index is 10.8. The van der Waals surface area contributed by atoms with Gasteiger partial charge in [0.15, 0.2) is 0 Å².